The van der Waals surface area contributed by atoms with Gasteiger partial charge in [0.25, 0.3) is 0 Å². The van der Waals surface area contributed by atoms with Crippen LogP contribution in [0.2, 0.25) is 0 Å². The molecule has 2 unspecified atom stereocenters. The van der Waals surface area contributed by atoms with Crippen LogP contribution in [0.15, 0.2) is 0 Å². The molecule has 1 rings (SSSR count). The summed E-state index contributed by atoms with van der Waals surface area (Å²) in [6, 6.07) is 0.146. The number of hydrogen-bond acceptors (Lipinski definition) is 3. The first-order valence-corrected chi connectivity index (χ1v) is 7.08. The van der Waals surface area contributed by atoms with Gasteiger partial charge >= 0.3 is 0 Å². The maximum atomic E-state index is 11.9. The molecule has 1 fully saturated rings. The quantitative estimate of drug-likeness (QED) is 0.749. The van der Waals surface area contributed by atoms with E-state index in [9.17, 15) is 14.7 Å². The lowest BCUT2D eigenvalue weighted by Crippen LogP contribution is -2.36. The molecule has 0 spiro atoms. The molecule has 2 atom stereocenters. The van der Waals surface area contributed by atoms with Crippen molar-refractivity contribution in [2.24, 2.45) is 11.8 Å². The molecule has 5 nitrogen and oxygen atoms in total. The number of amides is 2. The molecule has 1 aliphatic rings. The minimum atomic E-state index is -0.391. The number of likely N-dealkylation sites (tertiary alicyclic amines) is 1. The second kappa shape index (κ2) is 6.89. The number of rotatable bonds is 6. The molecule has 0 aromatic carbocycles. The first-order chi connectivity index (χ1) is 8.82. The lowest BCUT2D eigenvalue weighted by Gasteiger charge is -2.21. The Balaban J connectivity index is 2.34. The van der Waals surface area contributed by atoms with Crippen molar-refractivity contribution in [2.45, 2.75) is 52.7 Å². The van der Waals surface area contributed by atoms with Gasteiger partial charge in [0.15, 0.2) is 0 Å². The van der Waals surface area contributed by atoms with Crippen LogP contribution in [0.1, 0.15) is 40.5 Å². The van der Waals surface area contributed by atoms with Gasteiger partial charge in [0.2, 0.25) is 11.8 Å². The van der Waals surface area contributed by atoms with Crippen LogP contribution in [0.5, 0.6) is 0 Å². The maximum Gasteiger partial charge on any atom is 0.225 e. The Morgan fingerprint density at radius 2 is 2.05 bits per heavy atom. The second-order valence-corrected chi connectivity index (χ2v) is 5.93. The molecule has 5 heteroatoms. The van der Waals surface area contributed by atoms with E-state index < -0.39 is 6.10 Å². The first kappa shape index (κ1) is 16.0. The van der Waals surface area contributed by atoms with Crippen LogP contribution in [-0.4, -0.2) is 47.1 Å². The van der Waals surface area contributed by atoms with Crippen LogP contribution in [0.25, 0.3) is 0 Å². The third-order valence-electron chi connectivity index (χ3n) is 3.66. The van der Waals surface area contributed by atoms with Crippen LogP contribution >= 0.6 is 0 Å². The van der Waals surface area contributed by atoms with E-state index in [1.54, 1.807) is 4.90 Å². The summed E-state index contributed by atoms with van der Waals surface area (Å²) >= 11 is 0. The van der Waals surface area contributed by atoms with Gasteiger partial charge in [-0.3, -0.25) is 9.59 Å². The minimum Gasteiger partial charge on any atom is -0.393 e. The Labute approximate surface area is 115 Å². The SMILES string of the molecule is CC(C)C(O)CCNC(=O)C1CC(=O)N(C(C)C)C1. The van der Waals surface area contributed by atoms with Gasteiger partial charge in [-0.1, -0.05) is 13.8 Å². The number of aliphatic hydroxyl groups is 1. The molecular formula is C14H26N2O3. The molecule has 0 radical (unpaired) electrons. The number of carbonyl (C=O) groups is 2. The summed E-state index contributed by atoms with van der Waals surface area (Å²) in [7, 11) is 0. The van der Waals surface area contributed by atoms with E-state index in [4.69, 9.17) is 0 Å². The van der Waals surface area contributed by atoms with Crippen molar-refractivity contribution >= 4 is 11.8 Å². The molecule has 0 aromatic heterocycles. The lowest BCUT2D eigenvalue weighted by atomic mass is 10.0. The van der Waals surface area contributed by atoms with Gasteiger partial charge in [-0.25, -0.2) is 0 Å². The number of nitrogens with zero attached hydrogens (tertiary/aromatic N) is 1. The fourth-order valence-electron chi connectivity index (χ4n) is 2.23. The highest BCUT2D eigenvalue weighted by molar-refractivity contribution is 5.89. The normalized spacial score (nSPS) is 21.3. The van der Waals surface area contributed by atoms with Crippen molar-refractivity contribution in [3.63, 3.8) is 0 Å². The van der Waals surface area contributed by atoms with E-state index >= 15 is 0 Å². The van der Waals surface area contributed by atoms with E-state index in [0.29, 0.717) is 25.9 Å². The van der Waals surface area contributed by atoms with Crippen molar-refractivity contribution < 1.29 is 14.7 Å². The van der Waals surface area contributed by atoms with E-state index in [0.717, 1.165) is 0 Å². The number of nitrogens with one attached hydrogen (secondary N) is 1. The summed E-state index contributed by atoms with van der Waals surface area (Å²) in [4.78, 5) is 25.4. The Kier molecular flexibility index (Phi) is 5.79. The molecule has 1 aliphatic heterocycles. The summed E-state index contributed by atoms with van der Waals surface area (Å²) in [6.07, 6.45) is 0.465. The maximum absolute atomic E-state index is 11.9. The van der Waals surface area contributed by atoms with Crippen molar-refractivity contribution in [1.82, 2.24) is 10.2 Å². The van der Waals surface area contributed by atoms with E-state index in [1.165, 1.54) is 0 Å². The zero-order chi connectivity index (χ0) is 14.6. The number of aliphatic hydroxyl groups excluding tert-OH is 1. The third-order valence-corrected chi connectivity index (χ3v) is 3.66. The van der Waals surface area contributed by atoms with Gasteiger partial charge < -0.3 is 15.3 Å². The smallest absolute Gasteiger partial charge is 0.225 e. The number of carbonyl (C=O) groups excluding carboxylic acids is 2. The predicted molar refractivity (Wildman–Crippen MR) is 73.4 cm³/mol. The standard InChI is InChI=1S/C14H26N2O3/c1-9(2)12(17)5-6-15-14(19)11-7-13(18)16(8-11)10(3)4/h9-12,17H,5-8H2,1-4H3,(H,15,19). The van der Waals surface area contributed by atoms with E-state index in [-0.39, 0.29) is 29.7 Å². The highest BCUT2D eigenvalue weighted by Gasteiger charge is 2.35. The molecule has 0 aromatic rings. The Morgan fingerprint density at radius 1 is 1.42 bits per heavy atom. The summed E-state index contributed by atoms with van der Waals surface area (Å²) in [5, 5.41) is 12.5. The van der Waals surface area contributed by atoms with Gasteiger partial charge in [-0.05, 0) is 26.2 Å². The fourth-order valence-corrected chi connectivity index (χ4v) is 2.23. The summed E-state index contributed by atoms with van der Waals surface area (Å²) in [5.41, 5.74) is 0. The average Bonchev–Trinajstić information content (AvgIpc) is 2.71. The number of hydrogen-bond donors (Lipinski definition) is 2. The van der Waals surface area contributed by atoms with Gasteiger partial charge in [0.1, 0.15) is 0 Å². The molecule has 2 N–H and O–H groups in total. The van der Waals surface area contributed by atoms with Gasteiger partial charge in [0.05, 0.1) is 12.0 Å². The first-order valence-electron chi connectivity index (χ1n) is 7.08. The molecule has 1 heterocycles. The third kappa shape index (κ3) is 4.49. The van der Waals surface area contributed by atoms with E-state index in [1.807, 2.05) is 27.7 Å². The molecule has 0 aliphatic carbocycles. The van der Waals surface area contributed by atoms with Crippen molar-refractivity contribution in [1.29, 1.82) is 0 Å². The molecule has 19 heavy (non-hydrogen) atoms. The van der Waals surface area contributed by atoms with Crippen LogP contribution in [0.4, 0.5) is 0 Å². The Hall–Kier alpha value is -1.10. The molecule has 110 valence electrons. The predicted octanol–water partition coefficient (Wildman–Crippen LogP) is 0.766. The van der Waals surface area contributed by atoms with E-state index in [2.05, 4.69) is 5.32 Å². The largest absolute Gasteiger partial charge is 0.393 e. The van der Waals surface area contributed by atoms with Gasteiger partial charge in [-0.15, -0.1) is 0 Å². The van der Waals surface area contributed by atoms with Crippen LogP contribution in [0.3, 0.4) is 0 Å². The fraction of sp³-hybridized carbons (Fsp3) is 0.857. The average molecular weight is 270 g/mol. The summed E-state index contributed by atoms with van der Waals surface area (Å²) in [6.45, 7) is 8.78. The zero-order valence-electron chi connectivity index (χ0n) is 12.3. The zero-order valence-corrected chi connectivity index (χ0v) is 12.3. The van der Waals surface area contributed by atoms with Crippen LogP contribution in [-0.2, 0) is 9.59 Å². The monoisotopic (exact) mass is 270 g/mol. The van der Waals surface area contributed by atoms with Crippen LogP contribution in [0, 0.1) is 11.8 Å². The Morgan fingerprint density at radius 3 is 2.53 bits per heavy atom. The van der Waals surface area contributed by atoms with Gasteiger partial charge in [0, 0.05) is 25.6 Å². The topological polar surface area (TPSA) is 69.6 Å². The molecule has 1 saturated heterocycles. The molecule has 0 bridgehead atoms. The summed E-state index contributed by atoms with van der Waals surface area (Å²) < 4.78 is 0. The second-order valence-electron chi connectivity index (χ2n) is 5.93. The summed E-state index contributed by atoms with van der Waals surface area (Å²) in [5.74, 6) is -0.0719. The minimum absolute atomic E-state index is 0.0531. The molecule has 0 saturated carbocycles. The van der Waals surface area contributed by atoms with Crippen molar-refractivity contribution in [3.8, 4) is 0 Å². The molecular weight excluding hydrogens is 244 g/mol. The van der Waals surface area contributed by atoms with Gasteiger partial charge in [-0.2, -0.15) is 0 Å². The van der Waals surface area contributed by atoms with Crippen LogP contribution < -0.4 is 5.32 Å². The lowest BCUT2D eigenvalue weighted by molar-refractivity contribution is -0.129. The highest BCUT2D eigenvalue weighted by Crippen LogP contribution is 2.20. The molecule has 2 amide bonds. The highest BCUT2D eigenvalue weighted by atomic mass is 16.3. The Bertz CT molecular complexity index is 329. The van der Waals surface area contributed by atoms with Crippen molar-refractivity contribution in [3.05, 3.63) is 0 Å². The van der Waals surface area contributed by atoms with Crippen molar-refractivity contribution in [2.75, 3.05) is 13.1 Å².